The summed E-state index contributed by atoms with van der Waals surface area (Å²) in [5, 5.41) is 19.5. The summed E-state index contributed by atoms with van der Waals surface area (Å²) < 4.78 is 0. The van der Waals surface area contributed by atoms with E-state index < -0.39 is 72.1 Å². The van der Waals surface area contributed by atoms with Crippen LogP contribution in [-0.4, -0.2) is 77.4 Å². The van der Waals surface area contributed by atoms with Gasteiger partial charge in [-0.15, -0.1) is 0 Å². The summed E-state index contributed by atoms with van der Waals surface area (Å²) in [6, 6.07) is 11.7. The number of rotatable bonds is 19. The van der Waals surface area contributed by atoms with Gasteiger partial charge in [0.15, 0.2) is 0 Å². The number of unbranched alkanes of at least 4 members (excludes halogenated alkanes) is 1. The van der Waals surface area contributed by atoms with E-state index in [0.717, 1.165) is 5.56 Å². The van der Waals surface area contributed by atoms with Gasteiger partial charge in [0.1, 0.15) is 24.2 Å². The second kappa shape index (κ2) is 18.8. The molecule has 14 heteroatoms. The van der Waals surface area contributed by atoms with Gasteiger partial charge < -0.3 is 43.6 Å². The maximum absolute atomic E-state index is 13.3. The molecule has 0 saturated heterocycles. The molecular formula is C31H43N7O7. The fourth-order valence-electron chi connectivity index (χ4n) is 4.41. The molecule has 0 aliphatic rings. The zero-order chi connectivity index (χ0) is 33.4. The molecule has 2 aromatic rings. The predicted molar refractivity (Wildman–Crippen MR) is 166 cm³/mol. The lowest BCUT2D eigenvalue weighted by Crippen LogP contribution is -2.58. The van der Waals surface area contributed by atoms with Gasteiger partial charge in [-0.05, 0) is 50.3 Å². The molecule has 0 fully saturated rings. The Kier molecular flexibility index (Phi) is 15.2. The lowest BCUT2D eigenvalue weighted by Gasteiger charge is -2.25. The van der Waals surface area contributed by atoms with Crippen LogP contribution >= 0.6 is 0 Å². The van der Waals surface area contributed by atoms with Crippen LogP contribution in [0.15, 0.2) is 60.7 Å². The molecule has 0 heterocycles. The second-order valence-corrected chi connectivity index (χ2v) is 10.7. The van der Waals surface area contributed by atoms with E-state index in [0.29, 0.717) is 24.9 Å². The molecular weight excluding hydrogens is 582 g/mol. The van der Waals surface area contributed by atoms with Crippen molar-refractivity contribution in [2.75, 3.05) is 6.54 Å². The molecule has 0 spiro atoms. The zero-order valence-electron chi connectivity index (χ0n) is 25.2. The summed E-state index contributed by atoms with van der Waals surface area (Å²) in [5.41, 5.74) is 18.4. The SMILES string of the molecule is C[C@H](NC(=O)[C@@H](N)Cc1ccccc1)C(=O)N[C@@H](CCCCN)C(=O)N[C@@H](CC(N)=O)C(=O)N[C@@H](Cc1ccccc1)C(=O)O. The Bertz CT molecular complexity index is 1290. The van der Waals surface area contributed by atoms with Crippen LogP contribution in [0.2, 0.25) is 0 Å². The highest BCUT2D eigenvalue weighted by molar-refractivity contribution is 5.96. The Morgan fingerprint density at radius 2 is 1.20 bits per heavy atom. The number of primary amides is 1. The summed E-state index contributed by atoms with van der Waals surface area (Å²) in [6.07, 6.45) is 0.676. The normalized spacial score (nSPS) is 14.1. The number of carboxylic acids is 1. The van der Waals surface area contributed by atoms with Crippen LogP contribution in [0.5, 0.6) is 0 Å². The van der Waals surface area contributed by atoms with Crippen molar-refractivity contribution in [3.63, 3.8) is 0 Å². The predicted octanol–water partition coefficient (Wildman–Crippen LogP) is -1.15. The van der Waals surface area contributed by atoms with Gasteiger partial charge in [-0.2, -0.15) is 0 Å². The van der Waals surface area contributed by atoms with Gasteiger partial charge in [0.25, 0.3) is 0 Å². The van der Waals surface area contributed by atoms with Crippen molar-refractivity contribution in [3.05, 3.63) is 71.8 Å². The standard InChI is InChI=1S/C31H43N7O7/c1-19(35-28(41)22(33)16-20-10-4-2-5-11-20)27(40)36-23(14-8-9-15-32)29(42)37-24(18-26(34)39)30(43)38-25(31(44)45)17-21-12-6-3-7-13-21/h2-7,10-13,19,22-25H,8-9,14-18,32-33H2,1H3,(H2,34,39)(H,35,41)(H,36,40)(H,37,42)(H,38,43)(H,44,45)/t19-,22-,23-,24-,25-/m0/s1. The van der Waals surface area contributed by atoms with Crippen molar-refractivity contribution in [2.45, 2.75) is 75.7 Å². The lowest BCUT2D eigenvalue weighted by molar-refractivity contribution is -0.142. The number of hydrogen-bond donors (Lipinski definition) is 8. The maximum Gasteiger partial charge on any atom is 0.326 e. The fourth-order valence-corrected chi connectivity index (χ4v) is 4.41. The first-order chi connectivity index (χ1) is 21.4. The molecule has 0 bridgehead atoms. The molecule has 11 N–H and O–H groups in total. The monoisotopic (exact) mass is 625 g/mol. The van der Waals surface area contributed by atoms with Gasteiger partial charge in [-0.25, -0.2) is 4.79 Å². The smallest absolute Gasteiger partial charge is 0.326 e. The van der Waals surface area contributed by atoms with Gasteiger partial charge >= 0.3 is 5.97 Å². The molecule has 2 aromatic carbocycles. The van der Waals surface area contributed by atoms with Crippen LogP contribution < -0.4 is 38.5 Å². The van der Waals surface area contributed by atoms with Crippen molar-refractivity contribution in [2.24, 2.45) is 17.2 Å². The van der Waals surface area contributed by atoms with E-state index in [1.165, 1.54) is 6.92 Å². The maximum atomic E-state index is 13.3. The van der Waals surface area contributed by atoms with Crippen LogP contribution in [0.1, 0.15) is 43.7 Å². The van der Waals surface area contributed by atoms with Gasteiger partial charge in [-0.1, -0.05) is 60.7 Å². The van der Waals surface area contributed by atoms with E-state index in [4.69, 9.17) is 17.2 Å². The Hall–Kier alpha value is -4.82. The highest BCUT2D eigenvalue weighted by Gasteiger charge is 2.31. The summed E-state index contributed by atoms with van der Waals surface area (Å²) in [6.45, 7) is 1.76. The molecule has 45 heavy (non-hydrogen) atoms. The molecule has 14 nitrogen and oxygen atoms in total. The quantitative estimate of drug-likeness (QED) is 0.0876. The number of carbonyl (C=O) groups excluding carboxylic acids is 5. The number of hydrogen-bond acceptors (Lipinski definition) is 8. The van der Waals surface area contributed by atoms with Crippen molar-refractivity contribution in [1.82, 2.24) is 21.3 Å². The number of carboxylic acid groups (broad SMARTS) is 1. The minimum atomic E-state index is -1.52. The molecule has 5 amide bonds. The van der Waals surface area contributed by atoms with Gasteiger partial charge in [0.05, 0.1) is 12.5 Å². The van der Waals surface area contributed by atoms with Crippen molar-refractivity contribution >= 4 is 35.5 Å². The first kappa shape index (κ1) is 36.4. The summed E-state index contributed by atoms with van der Waals surface area (Å²) in [4.78, 5) is 75.7. The van der Waals surface area contributed by atoms with Crippen molar-refractivity contribution in [1.29, 1.82) is 0 Å². The highest BCUT2D eigenvalue weighted by Crippen LogP contribution is 2.07. The minimum Gasteiger partial charge on any atom is -0.480 e. The highest BCUT2D eigenvalue weighted by atomic mass is 16.4. The van der Waals surface area contributed by atoms with Crippen LogP contribution in [0.25, 0.3) is 0 Å². The van der Waals surface area contributed by atoms with E-state index in [-0.39, 0.29) is 19.3 Å². The van der Waals surface area contributed by atoms with E-state index in [2.05, 4.69) is 21.3 Å². The Labute approximate surface area is 261 Å². The third-order valence-corrected chi connectivity index (χ3v) is 6.90. The topological polar surface area (TPSA) is 249 Å². The average Bonchev–Trinajstić information content (AvgIpc) is 3.00. The van der Waals surface area contributed by atoms with E-state index in [1.54, 1.807) is 30.3 Å². The molecule has 0 unspecified atom stereocenters. The van der Waals surface area contributed by atoms with Gasteiger partial charge in [-0.3, -0.25) is 24.0 Å². The number of amides is 5. The van der Waals surface area contributed by atoms with Crippen LogP contribution in [0.4, 0.5) is 0 Å². The number of carbonyl (C=O) groups is 6. The minimum absolute atomic E-state index is 0.0461. The molecule has 0 aliphatic heterocycles. The van der Waals surface area contributed by atoms with E-state index in [1.807, 2.05) is 30.3 Å². The summed E-state index contributed by atoms with van der Waals surface area (Å²) >= 11 is 0. The largest absolute Gasteiger partial charge is 0.480 e. The Morgan fingerprint density at radius 1 is 0.689 bits per heavy atom. The summed E-state index contributed by atoms with van der Waals surface area (Å²) in [5.74, 6) is -5.23. The third-order valence-electron chi connectivity index (χ3n) is 6.90. The number of nitrogens with two attached hydrogens (primary N) is 3. The van der Waals surface area contributed by atoms with E-state index in [9.17, 15) is 33.9 Å². The molecule has 0 radical (unpaired) electrons. The fraction of sp³-hybridized carbons (Fsp3) is 0.419. The Balaban J connectivity index is 2.09. The van der Waals surface area contributed by atoms with Crippen molar-refractivity contribution in [3.8, 4) is 0 Å². The number of benzene rings is 2. The van der Waals surface area contributed by atoms with Crippen molar-refractivity contribution < 1.29 is 33.9 Å². The lowest BCUT2D eigenvalue weighted by atomic mass is 10.0. The Morgan fingerprint density at radius 3 is 1.73 bits per heavy atom. The molecule has 0 aliphatic carbocycles. The first-order valence-electron chi connectivity index (χ1n) is 14.7. The number of nitrogens with one attached hydrogen (secondary N) is 4. The third kappa shape index (κ3) is 13.1. The molecule has 244 valence electrons. The van der Waals surface area contributed by atoms with Crippen LogP contribution in [0.3, 0.4) is 0 Å². The van der Waals surface area contributed by atoms with Gasteiger partial charge in [0, 0.05) is 6.42 Å². The molecule has 2 rings (SSSR count). The van der Waals surface area contributed by atoms with Crippen LogP contribution in [0, 0.1) is 0 Å². The molecule has 0 saturated carbocycles. The number of aliphatic carboxylic acids is 1. The molecule has 5 atom stereocenters. The average molecular weight is 626 g/mol. The van der Waals surface area contributed by atoms with E-state index >= 15 is 0 Å². The van der Waals surface area contributed by atoms with Gasteiger partial charge in [0.2, 0.25) is 29.5 Å². The first-order valence-corrected chi connectivity index (χ1v) is 14.7. The zero-order valence-corrected chi connectivity index (χ0v) is 25.2. The summed E-state index contributed by atoms with van der Waals surface area (Å²) in [7, 11) is 0. The molecule has 0 aromatic heterocycles. The second-order valence-electron chi connectivity index (χ2n) is 10.7. The van der Waals surface area contributed by atoms with Crippen LogP contribution in [-0.2, 0) is 41.6 Å².